The van der Waals surface area contributed by atoms with Crippen LogP contribution >= 0.6 is 11.3 Å². The third-order valence-electron chi connectivity index (χ3n) is 4.75. The Morgan fingerprint density at radius 2 is 2.07 bits per heavy atom. The van der Waals surface area contributed by atoms with Gasteiger partial charge in [-0.25, -0.2) is 9.78 Å². The number of anilines is 1. The number of ether oxygens (including phenoxy) is 1. The van der Waals surface area contributed by atoms with Gasteiger partial charge in [0.1, 0.15) is 0 Å². The van der Waals surface area contributed by atoms with Gasteiger partial charge in [0.25, 0.3) is 5.69 Å². The van der Waals surface area contributed by atoms with Crippen molar-refractivity contribution in [2.24, 2.45) is 0 Å². The Labute approximate surface area is 167 Å². The van der Waals surface area contributed by atoms with Crippen molar-refractivity contribution < 1.29 is 14.5 Å². The molecule has 3 N–H and O–H groups in total. The highest BCUT2D eigenvalue weighted by Crippen LogP contribution is 2.40. The number of carbonyl (C=O) groups is 1. The van der Waals surface area contributed by atoms with Gasteiger partial charge in [-0.15, -0.1) is 11.3 Å². The smallest absolute Gasteiger partial charge is 0.407 e. The van der Waals surface area contributed by atoms with Crippen LogP contribution in [0, 0.1) is 10.1 Å². The van der Waals surface area contributed by atoms with E-state index in [1.165, 1.54) is 17.4 Å². The van der Waals surface area contributed by atoms with Gasteiger partial charge in [-0.1, -0.05) is 0 Å². The number of rotatable bonds is 5. The molecule has 0 atom stereocenters. The summed E-state index contributed by atoms with van der Waals surface area (Å²) in [7, 11) is 0. The van der Waals surface area contributed by atoms with E-state index in [1.807, 2.05) is 13.8 Å². The quantitative estimate of drug-likeness (QED) is 0.431. The lowest BCUT2D eigenvalue weighted by Gasteiger charge is -2.28. The van der Waals surface area contributed by atoms with Gasteiger partial charge in [0.2, 0.25) is 0 Å². The van der Waals surface area contributed by atoms with Crippen molar-refractivity contribution in [2.75, 3.05) is 5.73 Å². The number of thiazole rings is 1. The number of aromatic nitrogens is 1. The number of nitro benzene ring substituents is 1. The van der Waals surface area contributed by atoms with Crippen LogP contribution in [-0.2, 0) is 4.74 Å². The second kappa shape index (κ2) is 8.55. The first-order valence-electron chi connectivity index (χ1n) is 9.30. The molecule has 1 amide bonds. The third kappa shape index (κ3) is 4.78. The van der Waals surface area contributed by atoms with Gasteiger partial charge in [-0.05, 0) is 51.7 Å². The first kappa shape index (κ1) is 20.1. The van der Waals surface area contributed by atoms with Crippen LogP contribution in [0.2, 0.25) is 0 Å². The van der Waals surface area contributed by atoms with E-state index in [9.17, 15) is 14.9 Å². The van der Waals surface area contributed by atoms with Crippen molar-refractivity contribution in [3.8, 4) is 10.4 Å². The van der Waals surface area contributed by atoms with Gasteiger partial charge in [-0.3, -0.25) is 10.1 Å². The van der Waals surface area contributed by atoms with Crippen LogP contribution in [0.25, 0.3) is 10.4 Å². The molecule has 8 nitrogen and oxygen atoms in total. The van der Waals surface area contributed by atoms with E-state index in [2.05, 4.69) is 10.3 Å². The average molecular weight is 404 g/mol. The van der Waals surface area contributed by atoms with E-state index in [0.717, 1.165) is 35.6 Å². The molecule has 3 rings (SSSR count). The molecule has 1 aliphatic rings. The molecule has 1 heterocycles. The highest BCUT2D eigenvalue weighted by Gasteiger charge is 2.27. The summed E-state index contributed by atoms with van der Waals surface area (Å²) < 4.78 is 5.13. The van der Waals surface area contributed by atoms with Crippen molar-refractivity contribution in [2.45, 2.75) is 57.6 Å². The molecule has 1 aromatic heterocycles. The maximum absolute atomic E-state index is 11.7. The molecule has 0 spiro atoms. The molecule has 0 unspecified atom stereocenters. The number of nitro groups is 1. The highest BCUT2D eigenvalue weighted by atomic mass is 32.1. The fraction of sp³-hybridized carbons (Fsp3) is 0.474. The minimum atomic E-state index is -0.418. The first-order chi connectivity index (χ1) is 13.3. The SMILES string of the molecule is CC(C)OC(=O)N[C@H]1CC[C@H](c2ncc(-c3ccc(N)cc3[N+](=O)[O-])s2)CC1. The van der Waals surface area contributed by atoms with Crippen LogP contribution in [0.3, 0.4) is 0 Å². The van der Waals surface area contributed by atoms with Crippen molar-refractivity contribution in [3.05, 3.63) is 39.5 Å². The summed E-state index contributed by atoms with van der Waals surface area (Å²) in [4.78, 5) is 27.9. The molecule has 0 radical (unpaired) electrons. The van der Waals surface area contributed by atoms with Crippen LogP contribution in [0.1, 0.15) is 50.5 Å². The van der Waals surface area contributed by atoms with Gasteiger partial charge in [-0.2, -0.15) is 0 Å². The summed E-state index contributed by atoms with van der Waals surface area (Å²) in [6.07, 6.45) is 4.72. The summed E-state index contributed by atoms with van der Waals surface area (Å²) >= 11 is 1.49. The summed E-state index contributed by atoms with van der Waals surface area (Å²) in [5.41, 5.74) is 6.58. The maximum atomic E-state index is 11.7. The van der Waals surface area contributed by atoms with Crippen molar-refractivity contribution in [3.63, 3.8) is 0 Å². The van der Waals surface area contributed by atoms with E-state index >= 15 is 0 Å². The lowest BCUT2D eigenvalue weighted by molar-refractivity contribution is -0.384. The van der Waals surface area contributed by atoms with Crippen LogP contribution in [0.15, 0.2) is 24.4 Å². The number of nitrogens with one attached hydrogen (secondary N) is 1. The van der Waals surface area contributed by atoms with E-state index in [4.69, 9.17) is 10.5 Å². The van der Waals surface area contributed by atoms with E-state index < -0.39 is 4.92 Å². The van der Waals surface area contributed by atoms with Crippen LogP contribution < -0.4 is 11.1 Å². The largest absolute Gasteiger partial charge is 0.447 e. The zero-order valence-electron chi connectivity index (χ0n) is 15.9. The van der Waals surface area contributed by atoms with Gasteiger partial charge in [0.05, 0.1) is 26.5 Å². The summed E-state index contributed by atoms with van der Waals surface area (Å²) in [5, 5.41) is 15.2. The van der Waals surface area contributed by atoms with E-state index in [1.54, 1.807) is 18.3 Å². The summed E-state index contributed by atoms with van der Waals surface area (Å²) in [6, 6.07) is 4.82. The Bertz CT molecular complexity index is 859. The molecule has 1 aromatic carbocycles. The van der Waals surface area contributed by atoms with Gasteiger partial charge >= 0.3 is 6.09 Å². The lowest BCUT2D eigenvalue weighted by atomic mass is 9.86. The number of nitrogens with zero attached hydrogens (tertiary/aromatic N) is 2. The molecule has 0 bridgehead atoms. The summed E-state index contributed by atoms with van der Waals surface area (Å²) in [6.45, 7) is 3.64. The van der Waals surface area contributed by atoms with Gasteiger partial charge in [0, 0.05) is 29.9 Å². The number of hydrogen-bond acceptors (Lipinski definition) is 7. The van der Waals surface area contributed by atoms with Gasteiger partial charge in [0.15, 0.2) is 0 Å². The van der Waals surface area contributed by atoms with Crippen LogP contribution in [0.5, 0.6) is 0 Å². The molecule has 2 aromatic rings. The summed E-state index contributed by atoms with van der Waals surface area (Å²) in [5.74, 6) is 0.297. The molecule has 150 valence electrons. The van der Waals surface area contributed by atoms with Gasteiger partial charge < -0.3 is 15.8 Å². The molecular weight excluding hydrogens is 380 g/mol. The number of hydrogen-bond donors (Lipinski definition) is 2. The molecule has 1 saturated carbocycles. The number of alkyl carbamates (subject to hydrolysis) is 1. The maximum Gasteiger partial charge on any atom is 0.407 e. The topological polar surface area (TPSA) is 120 Å². The highest BCUT2D eigenvalue weighted by molar-refractivity contribution is 7.15. The Kier molecular flexibility index (Phi) is 6.13. The molecule has 0 aliphatic heterocycles. The van der Waals surface area contributed by atoms with Crippen molar-refractivity contribution >= 4 is 28.8 Å². The average Bonchev–Trinajstić information content (AvgIpc) is 3.11. The minimum Gasteiger partial charge on any atom is -0.447 e. The molecular formula is C19H24N4O4S. The number of nitrogens with two attached hydrogens (primary N) is 1. The zero-order valence-corrected chi connectivity index (χ0v) is 16.7. The Balaban J connectivity index is 1.65. The second-order valence-electron chi connectivity index (χ2n) is 7.24. The zero-order chi connectivity index (χ0) is 20.3. The molecule has 1 fully saturated rings. The lowest BCUT2D eigenvalue weighted by Crippen LogP contribution is -2.38. The van der Waals surface area contributed by atoms with Crippen LogP contribution in [0.4, 0.5) is 16.2 Å². The second-order valence-corrected chi connectivity index (χ2v) is 8.31. The monoisotopic (exact) mass is 404 g/mol. The van der Waals surface area contributed by atoms with Crippen LogP contribution in [-0.4, -0.2) is 28.1 Å². The molecule has 1 aliphatic carbocycles. The van der Waals surface area contributed by atoms with Crippen molar-refractivity contribution in [1.29, 1.82) is 0 Å². The predicted molar refractivity (Wildman–Crippen MR) is 108 cm³/mol. The Morgan fingerprint density at radius 1 is 1.36 bits per heavy atom. The predicted octanol–water partition coefficient (Wildman–Crippen LogP) is 4.46. The van der Waals surface area contributed by atoms with E-state index in [0.29, 0.717) is 17.2 Å². The van der Waals surface area contributed by atoms with E-state index in [-0.39, 0.29) is 23.9 Å². The Hall–Kier alpha value is -2.68. The Morgan fingerprint density at radius 3 is 2.71 bits per heavy atom. The molecule has 28 heavy (non-hydrogen) atoms. The fourth-order valence-corrected chi connectivity index (χ4v) is 4.53. The van der Waals surface area contributed by atoms with Crippen molar-refractivity contribution in [1.82, 2.24) is 10.3 Å². The normalized spacial score (nSPS) is 19.4. The molecule has 0 saturated heterocycles. The standard InChI is InChI=1S/C19H24N4O4S/c1-11(2)27-19(24)22-14-6-3-12(4-7-14)18-21-10-17(28-18)15-8-5-13(20)9-16(15)23(25)26/h5,8-12,14H,3-4,6-7,20H2,1-2H3,(H,22,24)/t12-,14-. The molecule has 9 heteroatoms. The number of amides is 1. The number of nitrogen functional groups attached to an aromatic ring is 1. The first-order valence-corrected chi connectivity index (χ1v) is 10.1. The fourth-order valence-electron chi connectivity index (χ4n) is 3.41. The number of carbonyl (C=O) groups excluding carboxylic acids is 1. The third-order valence-corrected chi connectivity index (χ3v) is 5.94. The minimum absolute atomic E-state index is 0.00762. The number of benzene rings is 1.